The summed E-state index contributed by atoms with van der Waals surface area (Å²) in [5.41, 5.74) is 5.40. The summed E-state index contributed by atoms with van der Waals surface area (Å²) in [7, 11) is 0. The Hall–Kier alpha value is -2.28. The number of nitrogens with zero attached hydrogens (tertiary/aromatic N) is 2. The van der Waals surface area contributed by atoms with Gasteiger partial charge in [-0.1, -0.05) is 6.07 Å². The van der Waals surface area contributed by atoms with Gasteiger partial charge in [0.2, 0.25) is 0 Å². The molecule has 1 atom stereocenters. The first-order chi connectivity index (χ1) is 10.0. The van der Waals surface area contributed by atoms with Crippen LogP contribution in [0.5, 0.6) is 0 Å². The number of amides is 1. The second-order valence-electron chi connectivity index (χ2n) is 4.62. The Labute approximate surface area is 120 Å². The van der Waals surface area contributed by atoms with Crippen molar-refractivity contribution >= 4 is 5.91 Å². The minimum atomic E-state index is -0.807. The molecule has 21 heavy (non-hydrogen) atoms. The molecule has 0 fully saturated rings. The number of hydrogen-bond acceptors (Lipinski definition) is 3. The maximum Gasteiger partial charge on any atom is 0.271 e. The lowest BCUT2D eigenvalue weighted by Crippen LogP contribution is -2.28. The molecular weight excluding hydrogens is 278 g/mol. The minimum Gasteiger partial charge on any atom is -0.344 e. The summed E-state index contributed by atoms with van der Waals surface area (Å²) in [5.74, 6) is -1.89. The number of halogens is 2. The monoisotopic (exact) mass is 294 g/mol. The van der Waals surface area contributed by atoms with Gasteiger partial charge < -0.3 is 15.6 Å². The van der Waals surface area contributed by atoms with E-state index in [9.17, 15) is 13.6 Å². The van der Waals surface area contributed by atoms with Crippen LogP contribution in [0.3, 0.4) is 0 Å². The van der Waals surface area contributed by atoms with E-state index in [1.165, 1.54) is 25.5 Å². The standard InChI is InChI=1S/C14H16F2N4O/c1-9(13-10(15)3-2-4-11(13)16)19-14(21)12-7-20(6-5-17)8-18-12/h2-4,7-9H,5-6,17H2,1H3,(H,19,21). The number of rotatable bonds is 5. The zero-order chi connectivity index (χ0) is 15.4. The van der Waals surface area contributed by atoms with Gasteiger partial charge in [0.15, 0.2) is 0 Å². The molecular formula is C14H16F2N4O. The highest BCUT2D eigenvalue weighted by Gasteiger charge is 2.19. The first kappa shape index (κ1) is 15.1. The molecule has 2 rings (SSSR count). The largest absolute Gasteiger partial charge is 0.344 e. The van der Waals surface area contributed by atoms with E-state index >= 15 is 0 Å². The van der Waals surface area contributed by atoms with Crippen LogP contribution in [0.25, 0.3) is 0 Å². The Bertz CT molecular complexity index is 621. The molecule has 1 heterocycles. The third-order valence-electron chi connectivity index (χ3n) is 3.03. The van der Waals surface area contributed by atoms with Crippen molar-refractivity contribution in [2.75, 3.05) is 6.54 Å². The topological polar surface area (TPSA) is 72.9 Å². The van der Waals surface area contributed by atoms with Crippen LogP contribution in [0.2, 0.25) is 0 Å². The summed E-state index contributed by atoms with van der Waals surface area (Å²) in [6.07, 6.45) is 3.02. The molecule has 1 aromatic heterocycles. The van der Waals surface area contributed by atoms with Crippen molar-refractivity contribution in [1.29, 1.82) is 0 Å². The number of benzene rings is 1. The smallest absolute Gasteiger partial charge is 0.271 e. The maximum absolute atomic E-state index is 13.6. The average Bonchev–Trinajstić information content (AvgIpc) is 2.87. The fourth-order valence-corrected chi connectivity index (χ4v) is 2.02. The number of imidazole rings is 1. The van der Waals surface area contributed by atoms with Crippen LogP contribution in [0.1, 0.15) is 29.0 Å². The first-order valence-corrected chi connectivity index (χ1v) is 6.49. The van der Waals surface area contributed by atoms with Gasteiger partial charge >= 0.3 is 0 Å². The van der Waals surface area contributed by atoms with Gasteiger partial charge in [0.05, 0.1) is 12.4 Å². The van der Waals surface area contributed by atoms with E-state index < -0.39 is 23.6 Å². The van der Waals surface area contributed by atoms with Crippen molar-refractivity contribution in [1.82, 2.24) is 14.9 Å². The molecule has 0 spiro atoms. The third kappa shape index (κ3) is 3.43. The van der Waals surface area contributed by atoms with Crippen LogP contribution in [-0.2, 0) is 6.54 Å². The molecule has 0 radical (unpaired) electrons. The van der Waals surface area contributed by atoms with E-state index in [0.717, 1.165) is 12.1 Å². The summed E-state index contributed by atoms with van der Waals surface area (Å²) < 4.78 is 28.9. The quantitative estimate of drug-likeness (QED) is 0.880. The Balaban J connectivity index is 2.11. The Morgan fingerprint density at radius 1 is 1.43 bits per heavy atom. The van der Waals surface area contributed by atoms with Gasteiger partial charge in [0.25, 0.3) is 5.91 Å². The number of hydrogen-bond donors (Lipinski definition) is 2. The molecule has 2 aromatic rings. The second-order valence-corrected chi connectivity index (χ2v) is 4.62. The maximum atomic E-state index is 13.6. The van der Waals surface area contributed by atoms with Crippen molar-refractivity contribution in [3.05, 3.63) is 53.6 Å². The molecule has 0 aliphatic carbocycles. The van der Waals surface area contributed by atoms with Gasteiger partial charge in [-0.3, -0.25) is 4.79 Å². The van der Waals surface area contributed by atoms with Gasteiger partial charge in [-0.15, -0.1) is 0 Å². The molecule has 0 saturated carbocycles. The molecule has 1 amide bonds. The minimum absolute atomic E-state index is 0.173. The zero-order valence-corrected chi connectivity index (χ0v) is 11.5. The van der Waals surface area contributed by atoms with Gasteiger partial charge in [0.1, 0.15) is 17.3 Å². The second kappa shape index (κ2) is 6.45. The molecule has 3 N–H and O–H groups in total. The molecule has 5 nitrogen and oxygen atoms in total. The summed E-state index contributed by atoms with van der Waals surface area (Å²) in [4.78, 5) is 15.9. The summed E-state index contributed by atoms with van der Waals surface area (Å²) in [6, 6.07) is 2.77. The van der Waals surface area contributed by atoms with E-state index in [1.807, 2.05) is 0 Å². The van der Waals surface area contributed by atoms with Crippen molar-refractivity contribution in [3.63, 3.8) is 0 Å². The Kier molecular flexibility index (Phi) is 4.64. The molecule has 1 aromatic carbocycles. The van der Waals surface area contributed by atoms with Crippen LogP contribution in [-0.4, -0.2) is 22.0 Å². The third-order valence-corrected chi connectivity index (χ3v) is 3.03. The van der Waals surface area contributed by atoms with Crippen LogP contribution in [0.15, 0.2) is 30.7 Å². The lowest BCUT2D eigenvalue weighted by Gasteiger charge is -2.15. The Morgan fingerprint density at radius 3 is 2.71 bits per heavy atom. The van der Waals surface area contributed by atoms with Crippen LogP contribution < -0.4 is 11.1 Å². The van der Waals surface area contributed by atoms with E-state index in [-0.39, 0.29) is 11.3 Å². The van der Waals surface area contributed by atoms with Crippen LogP contribution in [0, 0.1) is 11.6 Å². The van der Waals surface area contributed by atoms with Gasteiger partial charge in [-0.2, -0.15) is 0 Å². The van der Waals surface area contributed by atoms with Crippen molar-refractivity contribution in [2.24, 2.45) is 5.73 Å². The zero-order valence-electron chi connectivity index (χ0n) is 11.5. The number of carbonyl (C=O) groups excluding carboxylic acids is 1. The number of nitrogens with one attached hydrogen (secondary N) is 1. The van der Waals surface area contributed by atoms with Gasteiger partial charge in [-0.05, 0) is 19.1 Å². The lowest BCUT2D eigenvalue weighted by atomic mass is 10.1. The van der Waals surface area contributed by atoms with Crippen molar-refractivity contribution in [3.8, 4) is 0 Å². The van der Waals surface area contributed by atoms with E-state index in [0.29, 0.717) is 13.1 Å². The van der Waals surface area contributed by atoms with Gasteiger partial charge in [-0.25, -0.2) is 13.8 Å². The SMILES string of the molecule is CC(NC(=O)c1cn(CCN)cn1)c1c(F)cccc1F. The van der Waals surface area contributed by atoms with Crippen molar-refractivity contribution < 1.29 is 13.6 Å². The molecule has 0 bridgehead atoms. The number of nitrogens with two attached hydrogens (primary N) is 1. The fraction of sp³-hybridized carbons (Fsp3) is 0.286. The Morgan fingerprint density at radius 2 is 2.10 bits per heavy atom. The summed E-state index contributed by atoms with van der Waals surface area (Å²) >= 11 is 0. The molecule has 0 aliphatic heterocycles. The predicted octanol–water partition coefficient (Wildman–Crippen LogP) is 1.61. The highest BCUT2D eigenvalue weighted by Crippen LogP contribution is 2.20. The van der Waals surface area contributed by atoms with Gasteiger partial charge in [0, 0.05) is 24.8 Å². The highest BCUT2D eigenvalue weighted by atomic mass is 19.1. The van der Waals surface area contributed by atoms with Crippen LogP contribution >= 0.6 is 0 Å². The predicted molar refractivity (Wildman–Crippen MR) is 73.5 cm³/mol. The van der Waals surface area contributed by atoms with E-state index in [2.05, 4.69) is 10.3 Å². The number of carbonyl (C=O) groups is 1. The fourth-order valence-electron chi connectivity index (χ4n) is 2.02. The van der Waals surface area contributed by atoms with Crippen LogP contribution in [0.4, 0.5) is 8.78 Å². The summed E-state index contributed by atoms with van der Waals surface area (Å²) in [6.45, 7) is 2.47. The van der Waals surface area contributed by atoms with E-state index in [4.69, 9.17) is 5.73 Å². The molecule has 1 unspecified atom stereocenters. The highest BCUT2D eigenvalue weighted by molar-refractivity contribution is 5.92. The molecule has 0 aliphatic rings. The van der Waals surface area contributed by atoms with Crippen molar-refractivity contribution in [2.45, 2.75) is 19.5 Å². The lowest BCUT2D eigenvalue weighted by molar-refractivity contribution is 0.0934. The normalized spacial score (nSPS) is 12.2. The average molecular weight is 294 g/mol. The number of aromatic nitrogens is 2. The first-order valence-electron chi connectivity index (χ1n) is 6.49. The van der Waals surface area contributed by atoms with E-state index in [1.54, 1.807) is 4.57 Å². The molecule has 112 valence electrons. The molecule has 0 saturated heterocycles. The molecule has 7 heteroatoms. The summed E-state index contributed by atoms with van der Waals surface area (Å²) in [5, 5.41) is 2.52.